The van der Waals surface area contributed by atoms with Crippen molar-refractivity contribution in [1.82, 2.24) is 0 Å². The first-order valence-electron chi connectivity index (χ1n) is 5.31. The first-order chi connectivity index (χ1) is 6.21. The lowest BCUT2D eigenvalue weighted by Crippen LogP contribution is -2.18. The molecule has 0 N–H and O–H groups in total. The van der Waals surface area contributed by atoms with Crippen LogP contribution in [0.15, 0.2) is 0 Å². The molecule has 0 bridgehead atoms. The quantitative estimate of drug-likeness (QED) is 0.558. The third kappa shape index (κ3) is 0.438. The van der Waals surface area contributed by atoms with E-state index >= 15 is 0 Å². The predicted octanol–water partition coefficient (Wildman–Crippen LogP) is 1.25. The Bertz CT molecular complexity index is 324. The Morgan fingerprint density at radius 1 is 1.46 bits per heavy atom. The summed E-state index contributed by atoms with van der Waals surface area (Å²) in [6.07, 6.45) is 2.14. The van der Waals surface area contributed by atoms with Crippen LogP contribution >= 0.6 is 0 Å². The zero-order valence-corrected chi connectivity index (χ0v) is 7.88. The van der Waals surface area contributed by atoms with Crippen LogP contribution in [0.25, 0.3) is 0 Å². The van der Waals surface area contributed by atoms with Crippen molar-refractivity contribution in [2.24, 2.45) is 28.6 Å². The first kappa shape index (κ1) is 6.99. The third-order valence-electron chi connectivity index (χ3n) is 5.61. The second-order valence-electron chi connectivity index (χ2n) is 5.57. The number of hydrogen-bond donors (Lipinski definition) is 0. The standard InChI is InChI=1S/C11H14O2/c1-10-6-2-7-4-13-5-11(7,10)9(10)8(12)3-6/h6-7,9H,2-5H2,1H3/t6-,7-,9+,10-,11+/m1/s1. The number of Topliss-reactive ketones (excluding diaryl/α,β-unsaturated/α-hetero) is 1. The normalized spacial score (nSPS) is 66.8. The Morgan fingerprint density at radius 2 is 2.31 bits per heavy atom. The molecule has 0 aromatic rings. The van der Waals surface area contributed by atoms with Crippen molar-refractivity contribution in [3.8, 4) is 0 Å². The fraction of sp³-hybridized carbons (Fsp3) is 0.909. The fourth-order valence-corrected chi connectivity index (χ4v) is 5.06. The van der Waals surface area contributed by atoms with E-state index in [4.69, 9.17) is 4.74 Å². The molecule has 2 heteroatoms. The summed E-state index contributed by atoms with van der Waals surface area (Å²) in [7, 11) is 0. The van der Waals surface area contributed by atoms with Crippen molar-refractivity contribution in [3.05, 3.63) is 0 Å². The van der Waals surface area contributed by atoms with Gasteiger partial charge < -0.3 is 4.74 Å². The molecule has 4 rings (SSSR count). The maximum atomic E-state index is 11.8. The summed E-state index contributed by atoms with van der Waals surface area (Å²) >= 11 is 0. The molecule has 4 aliphatic rings. The summed E-state index contributed by atoms with van der Waals surface area (Å²) in [4.78, 5) is 11.8. The fourth-order valence-electron chi connectivity index (χ4n) is 5.06. The summed E-state index contributed by atoms with van der Waals surface area (Å²) in [6, 6.07) is 0. The SMILES string of the molecule is C[C@@]12[C@H]3CC(=O)[C@@H]1[C@@]21COC[C@H]1C3. The van der Waals surface area contributed by atoms with Crippen LogP contribution in [0.1, 0.15) is 19.8 Å². The highest BCUT2D eigenvalue weighted by Crippen LogP contribution is 2.87. The molecule has 3 aliphatic carbocycles. The maximum Gasteiger partial charge on any atom is 0.137 e. The van der Waals surface area contributed by atoms with E-state index in [1.165, 1.54) is 6.42 Å². The second-order valence-corrected chi connectivity index (χ2v) is 5.57. The van der Waals surface area contributed by atoms with E-state index in [1.807, 2.05) is 0 Å². The molecule has 4 fully saturated rings. The second kappa shape index (κ2) is 1.60. The zero-order chi connectivity index (χ0) is 8.84. The van der Waals surface area contributed by atoms with E-state index in [9.17, 15) is 4.79 Å². The minimum Gasteiger partial charge on any atom is -0.381 e. The molecule has 1 heterocycles. The van der Waals surface area contributed by atoms with E-state index in [1.54, 1.807) is 0 Å². The average molecular weight is 178 g/mol. The van der Waals surface area contributed by atoms with Crippen LogP contribution in [0.4, 0.5) is 0 Å². The number of hydrogen-bond acceptors (Lipinski definition) is 2. The van der Waals surface area contributed by atoms with E-state index in [0.717, 1.165) is 25.6 Å². The van der Waals surface area contributed by atoms with Gasteiger partial charge in [0.2, 0.25) is 0 Å². The van der Waals surface area contributed by atoms with Crippen molar-refractivity contribution in [2.45, 2.75) is 19.8 Å². The summed E-state index contributed by atoms with van der Waals surface area (Å²) in [5.41, 5.74) is 0.693. The maximum absolute atomic E-state index is 11.8. The van der Waals surface area contributed by atoms with Gasteiger partial charge in [0, 0.05) is 17.8 Å². The van der Waals surface area contributed by atoms with Gasteiger partial charge in [-0.3, -0.25) is 4.79 Å². The highest BCUT2D eigenvalue weighted by molar-refractivity contribution is 5.91. The van der Waals surface area contributed by atoms with Gasteiger partial charge in [0.1, 0.15) is 5.78 Å². The van der Waals surface area contributed by atoms with Crippen LogP contribution in [-0.4, -0.2) is 19.0 Å². The number of carbonyl (C=O) groups excluding carboxylic acids is 1. The number of ether oxygens (including phenoxy) is 1. The van der Waals surface area contributed by atoms with Gasteiger partial charge in [-0.05, 0) is 23.7 Å². The minimum atomic E-state index is 0.326. The molecule has 3 saturated carbocycles. The van der Waals surface area contributed by atoms with Crippen molar-refractivity contribution < 1.29 is 9.53 Å². The highest BCUT2D eigenvalue weighted by atomic mass is 16.5. The van der Waals surface area contributed by atoms with Gasteiger partial charge in [-0.15, -0.1) is 0 Å². The lowest BCUT2D eigenvalue weighted by molar-refractivity contribution is -0.120. The number of carbonyl (C=O) groups is 1. The monoisotopic (exact) mass is 178 g/mol. The van der Waals surface area contributed by atoms with Crippen LogP contribution in [-0.2, 0) is 9.53 Å². The zero-order valence-electron chi connectivity index (χ0n) is 7.88. The molecule has 5 atom stereocenters. The van der Waals surface area contributed by atoms with Gasteiger partial charge in [0.05, 0.1) is 13.2 Å². The van der Waals surface area contributed by atoms with E-state index in [-0.39, 0.29) is 0 Å². The van der Waals surface area contributed by atoms with Gasteiger partial charge in [0.25, 0.3) is 0 Å². The van der Waals surface area contributed by atoms with Crippen LogP contribution in [0.3, 0.4) is 0 Å². The predicted molar refractivity (Wildman–Crippen MR) is 46.1 cm³/mol. The molecule has 0 unspecified atom stereocenters. The smallest absolute Gasteiger partial charge is 0.137 e. The van der Waals surface area contributed by atoms with Crippen molar-refractivity contribution in [3.63, 3.8) is 0 Å². The van der Waals surface area contributed by atoms with Crippen molar-refractivity contribution in [2.75, 3.05) is 13.2 Å². The molecule has 0 amide bonds. The van der Waals surface area contributed by atoms with Gasteiger partial charge in [-0.25, -0.2) is 0 Å². The molecule has 0 aromatic heterocycles. The van der Waals surface area contributed by atoms with Crippen LogP contribution in [0, 0.1) is 28.6 Å². The number of ketones is 1. The topological polar surface area (TPSA) is 26.3 Å². The van der Waals surface area contributed by atoms with Gasteiger partial charge >= 0.3 is 0 Å². The molecular weight excluding hydrogens is 164 g/mol. The summed E-state index contributed by atoms with van der Waals surface area (Å²) < 4.78 is 5.57. The molecule has 1 spiro atoms. The Balaban J connectivity index is 1.92. The third-order valence-corrected chi connectivity index (χ3v) is 5.61. The Hall–Kier alpha value is -0.370. The minimum absolute atomic E-state index is 0.326. The Kier molecular flexibility index (Phi) is 0.862. The van der Waals surface area contributed by atoms with E-state index < -0.39 is 0 Å². The first-order valence-corrected chi connectivity index (χ1v) is 5.31. The van der Waals surface area contributed by atoms with Crippen LogP contribution in [0.2, 0.25) is 0 Å². The summed E-state index contributed by atoms with van der Waals surface area (Å²) in [6.45, 7) is 4.14. The van der Waals surface area contributed by atoms with E-state index in [2.05, 4.69) is 6.92 Å². The van der Waals surface area contributed by atoms with Crippen molar-refractivity contribution in [1.29, 1.82) is 0 Å². The lowest BCUT2D eigenvalue weighted by Gasteiger charge is -2.14. The van der Waals surface area contributed by atoms with Gasteiger partial charge in [-0.1, -0.05) is 6.92 Å². The van der Waals surface area contributed by atoms with E-state index in [0.29, 0.717) is 28.4 Å². The lowest BCUT2D eigenvalue weighted by atomic mass is 9.88. The largest absolute Gasteiger partial charge is 0.381 e. The molecule has 13 heavy (non-hydrogen) atoms. The molecule has 1 aliphatic heterocycles. The van der Waals surface area contributed by atoms with Crippen molar-refractivity contribution >= 4 is 5.78 Å². The average Bonchev–Trinajstić information content (AvgIpc) is 2.36. The van der Waals surface area contributed by atoms with Gasteiger partial charge in [-0.2, -0.15) is 0 Å². The van der Waals surface area contributed by atoms with Crippen LogP contribution < -0.4 is 0 Å². The van der Waals surface area contributed by atoms with Crippen LogP contribution in [0.5, 0.6) is 0 Å². The Morgan fingerprint density at radius 3 is 3.08 bits per heavy atom. The Labute approximate surface area is 77.6 Å². The summed E-state index contributed by atoms with van der Waals surface area (Å²) in [5, 5.41) is 0. The molecule has 0 aromatic carbocycles. The number of rotatable bonds is 0. The molecule has 2 nitrogen and oxygen atoms in total. The summed E-state index contributed by atoms with van der Waals surface area (Å²) in [5.74, 6) is 2.37. The molecule has 70 valence electrons. The van der Waals surface area contributed by atoms with Gasteiger partial charge in [0.15, 0.2) is 0 Å². The molecule has 0 radical (unpaired) electrons. The highest BCUT2D eigenvalue weighted by Gasteiger charge is 2.88. The molecular formula is C11H14O2. The molecule has 1 saturated heterocycles.